The van der Waals surface area contributed by atoms with E-state index in [1.54, 1.807) is 24.3 Å². The van der Waals surface area contributed by atoms with Gasteiger partial charge < -0.3 is 20.9 Å². The number of carbonyl (C=O) groups excluding carboxylic acids is 1. The van der Waals surface area contributed by atoms with E-state index < -0.39 is 17.3 Å². The highest BCUT2D eigenvalue weighted by Crippen LogP contribution is 2.31. The van der Waals surface area contributed by atoms with Crippen molar-refractivity contribution in [3.8, 4) is 0 Å². The van der Waals surface area contributed by atoms with Crippen molar-refractivity contribution in [2.24, 2.45) is 11.1 Å². The second-order valence-corrected chi connectivity index (χ2v) is 4.99. The predicted octanol–water partition coefficient (Wildman–Crippen LogP) is 1.08. The number of hydrogen-bond acceptors (Lipinski definition) is 4. The number of hydrogen-bond donors (Lipinski definition) is 3. The molecule has 0 atom stereocenters. The van der Waals surface area contributed by atoms with Crippen LogP contribution in [0.2, 0.25) is 0 Å². The summed E-state index contributed by atoms with van der Waals surface area (Å²) >= 11 is 0. The smallest absolute Gasteiger partial charge is 0.311 e. The van der Waals surface area contributed by atoms with Crippen molar-refractivity contribution in [3.05, 3.63) is 29.8 Å². The quantitative estimate of drug-likeness (QED) is 0.748. The highest BCUT2D eigenvalue weighted by molar-refractivity contribution is 5.93. The molecular weight excluding hydrogens is 260 g/mol. The van der Waals surface area contributed by atoms with E-state index in [9.17, 15) is 14.7 Å². The van der Waals surface area contributed by atoms with Crippen LogP contribution in [0.15, 0.2) is 24.3 Å². The molecule has 0 aliphatic carbocycles. The lowest BCUT2D eigenvalue weighted by Crippen LogP contribution is -2.42. The number of carboxylic acid groups (broad SMARTS) is 1. The van der Waals surface area contributed by atoms with Gasteiger partial charge >= 0.3 is 5.97 Å². The van der Waals surface area contributed by atoms with Crippen LogP contribution in [0, 0.1) is 5.41 Å². The third kappa shape index (κ3) is 3.08. The summed E-state index contributed by atoms with van der Waals surface area (Å²) in [5, 5.41) is 12.5. The maximum atomic E-state index is 11.5. The third-order valence-electron chi connectivity index (χ3n) is 3.70. The Morgan fingerprint density at radius 1 is 1.25 bits per heavy atom. The molecule has 1 aliphatic heterocycles. The number of carboxylic acids is 1. The Hall–Kier alpha value is -2.08. The number of amides is 1. The van der Waals surface area contributed by atoms with Gasteiger partial charge in [-0.1, -0.05) is 0 Å². The number of ether oxygens (including phenoxy) is 1. The first-order valence-corrected chi connectivity index (χ1v) is 6.48. The number of carbonyl (C=O) groups is 2. The fraction of sp³-hybridized carbons (Fsp3) is 0.429. The molecule has 1 aromatic rings. The molecule has 1 fully saturated rings. The molecule has 0 aromatic heterocycles. The van der Waals surface area contributed by atoms with Gasteiger partial charge in [-0.3, -0.25) is 9.59 Å². The molecule has 0 radical (unpaired) electrons. The number of nitrogens with two attached hydrogens (primary N) is 1. The highest BCUT2D eigenvalue weighted by Gasteiger charge is 2.39. The molecule has 6 heteroatoms. The lowest BCUT2D eigenvalue weighted by Gasteiger charge is -2.33. The SMILES string of the molecule is NC(=O)c1ccc(NCC2(C(=O)O)CCOCC2)cc1. The van der Waals surface area contributed by atoms with Crippen molar-refractivity contribution in [2.45, 2.75) is 12.8 Å². The van der Waals surface area contributed by atoms with Gasteiger partial charge in [-0.25, -0.2) is 0 Å². The van der Waals surface area contributed by atoms with Crippen molar-refractivity contribution >= 4 is 17.6 Å². The van der Waals surface area contributed by atoms with Gasteiger partial charge in [-0.2, -0.15) is 0 Å². The summed E-state index contributed by atoms with van der Waals surface area (Å²) < 4.78 is 5.23. The molecule has 2 rings (SSSR count). The van der Waals surface area contributed by atoms with Crippen LogP contribution >= 0.6 is 0 Å². The van der Waals surface area contributed by atoms with Gasteiger partial charge in [0.2, 0.25) is 5.91 Å². The molecule has 1 amide bonds. The molecule has 0 bridgehead atoms. The van der Waals surface area contributed by atoms with Crippen LogP contribution in [0.4, 0.5) is 5.69 Å². The molecule has 108 valence electrons. The highest BCUT2D eigenvalue weighted by atomic mass is 16.5. The Labute approximate surface area is 116 Å². The van der Waals surface area contributed by atoms with E-state index in [1.807, 2.05) is 0 Å². The Bertz CT molecular complexity index is 492. The normalized spacial score (nSPS) is 17.4. The maximum Gasteiger partial charge on any atom is 0.311 e. The van der Waals surface area contributed by atoms with Crippen LogP contribution in [0.3, 0.4) is 0 Å². The van der Waals surface area contributed by atoms with Gasteiger partial charge in [-0.05, 0) is 37.1 Å². The van der Waals surface area contributed by atoms with E-state index in [2.05, 4.69) is 5.32 Å². The lowest BCUT2D eigenvalue weighted by atomic mass is 9.80. The predicted molar refractivity (Wildman–Crippen MR) is 73.6 cm³/mol. The number of primary amides is 1. The topological polar surface area (TPSA) is 102 Å². The van der Waals surface area contributed by atoms with E-state index in [0.29, 0.717) is 38.2 Å². The molecule has 4 N–H and O–H groups in total. The van der Waals surface area contributed by atoms with Gasteiger partial charge in [0.15, 0.2) is 0 Å². The summed E-state index contributed by atoms with van der Waals surface area (Å²) in [4.78, 5) is 22.5. The number of benzene rings is 1. The minimum absolute atomic E-state index is 0.335. The van der Waals surface area contributed by atoms with Crippen LogP contribution in [-0.2, 0) is 9.53 Å². The van der Waals surface area contributed by atoms with Gasteiger partial charge in [0.1, 0.15) is 0 Å². The summed E-state index contributed by atoms with van der Waals surface area (Å²) in [6, 6.07) is 6.66. The van der Waals surface area contributed by atoms with E-state index >= 15 is 0 Å². The fourth-order valence-corrected chi connectivity index (χ4v) is 2.25. The van der Waals surface area contributed by atoms with Crippen molar-refractivity contribution in [2.75, 3.05) is 25.1 Å². The Morgan fingerprint density at radius 3 is 2.35 bits per heavy atom. The first kappa shape index (κ1) is 14.3. The molecule has 20 heavy (non-hydrogen) atoms. The Balaban J connectivity index is 2.02. The van der Waals surface area contributed by atoms with Crippen LogP contribution in [0.25, 0.3) is 0 Å². The van der Waals surface area contributed by atoms with Crippen molar-refractivity contribution < 1.29 is 19.4 Å². The summed E-state index contributed by atoms with van der Waals surface area (Å²) in [7, 11) is 0. The van der Waals surface area contributed by atoms with Crippen molar-refractivity contribution in [1.82, 2.24) is 0 Å². The standard InChI is InChI=1S/C14H18N2O4/c15-12(17)10-1-3-11(4-2-10)16-9-14(13(18)19)5-7-20-8-6-14/h1-4,16H,5-9H2,(H2,15,17)(H,18,19). The van der Waals surface area contributed by atoms with Crippen molar-refractivity contribution in [3.63, 3.8) is 0 Å². The molecule has 1 aliphatic rings. The Morgan fingerprint density at radius 2 is 1.85 bits per heavy atom. The minimum Gasteiger partial charge on any atom is -0.481 e. The molecule has 0 unspecified atom stereocenters. The molecule has 0 spiro atoms. The van der Waals surface area contributed by atoms with Crippen LogP contribution in [0.5, 0.6) is 0 Å². The number of anilines is 1. The maximum absolute atomic E-state index is 11.5. The van der Waals surface area contributed by atoms with Gasteiger partial charge in [-0.15, -0.1) is 0 Å². The van der Waals surface area contributed by atoms with E-state index in [1.165, 1.54) is 0 Å². The fourth-order valence-electron chi connectivity index (χ4n) is 2.25. The average Bonchev–Trinajstić information content (AvgIpc) is 2.46. The van der Waals surface area contributed by atoms with E-state index in [0.717, 1.165) is 5.69 Å². The van der Waals surface area contributed by atoms with Crippen molar-refractivity contribution in [1.29, 1.82) is 0 Å². The summed E-state index contributed by atoms with van der Waals surface area (Å²) in [6.07, 6.45) is 0.989. The Kier molecular flexibility index (Phi) is 4.24. The second-order valence-electron chi connectivity index (χ2n) is 4.99. The minimum atomic E-state index is -0.804. The number of aliphatic carboxylic acids is 1. The van der Waals surface area contributed by atoms with Crippen LogP contribution in [0.1, 0.15) is 23.2 Å². The molecule has 0 saturated carbocycles. The van der Waals surface area contributed by atoms with Crippen LogP contribution in [-0.4, -0.2) is 36.7 Å². The zero-order valence-corrected chi connectivity index (χ0v) is 11.1. The van der Waals surface area contributed by atoms with Crippen LogP contribution < -0.4 is 11.1 Å². The zero-order valence-electron chi connectivity index (χ0n) is 11.1. The van der Waals surface area contributed by atoms with Gasteiger partial charge in [0.25, 0.3) is 0 Å². The number of rotatable bonds is 5. The second kappa shape index (κ2) is 5.92. The lowest BCUT2D eigenvalue weighted by molar-refractivity contribution is -0.153. The summed E-state index contributed by atoms with van der Waals surface area (Å²) in [5.74, 6) is -1.29. The summed E-state index contributed by atoms with van der Waals surface area (Å²) in [6.45, 7) is 1.27. The largest absolute Gasteiger partial charge is 0.481 e. The summed E-state index contributed by atoms with van der Waals surface area (Å²) in [5.41, 5.74) is 5.56. The molecular formula is C14H18N2O4. The average molecular weight is 278 g/mol. The molecule has 1 saturated heterocycles. The van der Waals surface area contributed by atoms with Gasteiger partial charge in [0, 0.05) is 31.0 Å². The number of nitrogens with one attached hydrogen (secondary N) is 1. The van der Waals surface area contributed by atoms with E-state index in [4.69, 9.17) is 10.5 Å². The monoisotopic (exact) mass is 278 g/mol. The molecule has 1 aromatic carbocycles. The van der Waals surface area contributed by atoms with Gasteiger partial charge in [0.05, 0.1) is 5.41 Å². The zero-order chi connectivity index (χ0) is 14.6. The first-order valence-electron chi connectivity index (χ1n) is 6.48. The van der Waals surface area contributed by atoms with E-state index in [-0.39, 0.29) is 0 Å². The molecule has 6 nitrogen and oxygen atoms in total. The first-order chi connectivity index (χ1) is 9.53. The third-order valence-corrected chi connectivity index (χ3v) is 3.70. The molecule has 1 heterocycles.